The number of cyclic esters (lactones) is 1. The van der Waals surface area contributed by atoms with Crippen LogP contribution in [0, 0.1) is 12.7 Å². The highest BCUT2D eigenvalue weighted by Gasteiger charge is 2.31. The fraction of sp³-hybridized carbons (Fsp3) is 0.278. The Hall–Kier alpha value is -2.96. The number of hydrogen-bond donors (Lipinski definition) is 0. The number of halogens is 1. The van der Waals surface area contributed by atoms with Gasteiger partial charge in [0.25, 0.3) is 0 Å². The summed E-state index contributed by atoms with van der Waals surface area (Å²) < 4.78 is 21.7. The predicted octanol–water partition coefficient (Wildman–Crippen LogP) is 3.58. The number of fused-ring (bicyclic) bond motifs is 1. The number of pyridine rings is 1. The highest BCUT2D eigenvalue weighted by atomic mass is 19.1. The summed E-state index contributed by atoms with van der Waals surface area (Å²) in [5, 5.41) is 8.07. The quantitative estimate of drug-likeness (QED) is 0.731. The van der Waals surface area contributed by atoms with E-state index in [-0.39, 0.29) is 6.10 Å². The number of carbonyl (C=O) groups is 1. The van der Waals surface area contributed by atoms with Gasteiger partial charge in [-0.15, -0.1) is 10.2 Å². The summed E-state index contributed by atoms with van der Waals surface area (Å²) >= 11 is 0. The minimum absolute atomic E-state index is 0.145. The molecule has 0 saturated carbocycles. The Morgan fingerprint density at radius 3 is 2.84 bits per heavy atom. The average molecular weight is 340 g/mol. The number of aryl methyl sites for hydroxylation is 1. The fourth-order valence-corrected chi connectivity index (χ4v) is 3.03. The first-order valence-electron chi connectivity index (χ1n) is 8.16. The Morgan fingerprint density at radius 2 is 2.12 bits per heavy atom. The lowest BCUT2D eigenvalue weighted by atomic mass is 10.1. The molecule has 1 aliphatic heterocycles. The highest BCUT2D eigenvalue weighted by Crippen LogP contribution is 2.30. The second kappa shape index (κ2) is 5.84. The molecule has 1 amide bonds. The summed E-state index contributed by atoms with van der Waals surface area (Å²) in [6.45, 7) is 4.25. The second-order valence-electron chi connectivity index (χ2n) is 6.08. The molecule has 6 nitrogen and oxygen atoms in total. The van der Waals surface area contributed by atoms with Crippen molar-refractivity contribution < 1.29 is 13.9 Å². The van der Waals surface area contributed by atoms with Gasteiger partial charge >= 0.3 is 6.09 Å². The van der Waals surface area contributed by atoms with Crippen molar-refractivity contribution >= 4 is 17.4 Å². The maximum absolute atomic E-state index is 14.7. The molecule has 3 heterocycles. The van der Waals surface area contributed by atoms with Crippen LogP contribution < -0.4 is 4.90 Å². The number of aromatic nitrogens is 3. The van der Waals surface area contributed by atoms with Crippen LogP contribution >= 0.6 is 0 Å². The third-order valence-corrected chi connectivity index (χ3v) is 4.49. The molecule has 1 aliphatic rings. The van der Waals surface area contributed by atoms with E-state index in [0.717, 1.165) is 12.2 Å². The summed E-state index contributed by atoms with van der Waals surface area (Å²) in [5.74, 6) is 0.376. The molecule has 4 rings (SSSR count). The van der Waals surface area contributed by atoms with Gasteiger partial charge in [0.1, 0.15) is 17.7 Å². The Labute approximate surface area is 143 Å². The van der Waals surface area contributed by atoms with Crippen LogP contribution in [-0.2, 0) is 4.74 Å². The number of amides is 1. The molecule has 0 spiro atoms. The van der Waals surface area contributed by atoms with E-state index in [1.165, 1.54) is 11.0 Å². The summed E-state index contributed by atoms with van der Waals surface area (Å²) in [6, 6.07) is 8.38. The van der Waals surface area contributed by atoms with Gasteiger partial charge in [0.15, 0.2) is 5.65 Å². The van der Waals surface area contributed by atoms with Crippen LogP contribution in [0.25, 0.3) is 16.8 Å². The normalized spacial score (nSPS) is 17.3. The number of hydrogen-bond acceptors (Lipinski definition) is 4. The number of ether oxygens (including phenoxy) is 1. The zero-order valence-electron chi connectivity index (χ0n) is 13.9. The largest absolute Gasteiger partial charge is 0.444 e. The molecule has 1 aromatic carbocycles. The lowest BCUT2D eigenvalue weighted by molar-refractivity contribution is 0.139. The minimum Gasteiger partial charge on any atom is -0.444 e. The lowest BCUT2D eigenvalue weighted by Gasteiger charge is -2.14. The molecule has 1 atom stereocenters. The van der Waals surface area contributed by atoms with Gasteiger partial charge in [0.05, 0.1) is 12.2 Å². The Balaban J connectivity index is 1.68. The van der Waals surface area contributed by atoms with Gasteiger partial charge in [-0.3, -0.25) is 9.30 Å². The maximum Gasteiger partial charge on any atom is 0.414 e. The molecule has 1 fully saturated rings. The zero-order valence-corrected chi connectivity index (χ0v) is 13.9. The molecule has 3 aromatic rings. The maximum atomic E-state index is 14.7. The first-order valence-corrected chi connectivity index (χ1v) is 8.16. The average Bonchev–Trinajstić information content (AvgIpc) is 3.17. The van der Waals surface area contributed by atoms with Crippen molar-refractivity contribution in [1.82, 2.24) is 14.6 Å². The molecule has 0 N–H and O–H groups in total. The van der Waals surface area contributed by atoms with Crippen LogP contribution in [0.1, 0.15) is 19.2 Å². The molecule has 1 saturated heterocycles. The van der Waals surface area contributed by atoms with Gasteiger partial charge in [-0.2, -0.15) is 0 Å². The molecule has 25 heavy (non-hydrogen) atoms. The Morgan fingerprint density at radius 1 is 1.28 bits per heavy atom. The van der Waals surface area contributed by atoms with Crippen molar-refractivity contribution in [3.05, 3.63) is 48.2 Å². The molecule has 2 aromatic heterocycles. The van der Waals surface area contributed by atoms with E-state index >= 15 is 0 Å². The number of anilines is 1. The molecule has 0 aliphatic carbocycles. The standard InChI is InChI=1S/C18H17FN4O2/c1-3-14-10-23(18(24)25-14)13-4-5-15(16(19)9-13)12-6-7-22-11(2)20-21-17(22)8-12/h4-9,14H,3,10H2,1-2H3/t14-/m0/s1. The van der Waals surface area contributed by atoms with E-state index in [1.807, 2.05) is 30.5 Å². The van der Waals surface area contributed by atoms with E-state index in [4.69, 9.17) is 4.74 Å². The van der Waals surface area contributed by atoms with Gasteiger partial charge in [-0.05, 0) is 49.2 Å². The summed E-state index contributed by atoms with van der Waals surface area (Å²) in [5.41, 5.74) is 2.32. The van der Waals surface area contributed by atoms with E-state index in [9.17, 15) is 9.18 Å². The monoisotopic (exact) mass is 340 g/mol. The molecule has 0 radical (unpaired) electrons. The van der Waals surface area contributed by atoms with Gasteiger partial charge in [-0.25, -0.2) is 9.18 Å². The van der Waals surface area contributed by atoms with E-state index in [1.54, 1.807) is 18.2 Å². The second-order valence-corrected chi connectivity index (χ2v) is 6.08. The van der Waals surface area contributed by atoms with Crippen LogP contribution in [0.15, 0.2) is 36.5 Å². The van der Waals surface area contributed by atoms with Gasteiger partial charge in [0, 0.05) is 11.8 Å². The van der Waals surface area contributed by atoms with Crippen LogP contribution in [0.5, 0.6) is 0 Å². The fourth-order valence-electron chi connectivity index (χ4n) is 3.03. The Kier molecular flexibility index (Phi) is 3.63. The first-order chi connectivity index (χ1) is 12.1. The molecule has 0 bridgehead atoms. The lowest BCUT2D eigenvalue weighted by Crippen LogP contribution is -2.24. The number of benzene rings is 1. The van der Waals surface area contributed by atoms with E-state index < -0.39 is 11.9 Å². The van der Waals surface area contributed by atoms with Crippen LogP contribution in [0.2, 0.25) is 0 Å². The van der Waals surface area contributed by atoms with Gasteiger partial charge < -0.3 is 4.74 Å². The van der Waals surface area contributed by atoms with Crippen molar-refractivity contribution in [2.24, 2.45) is 0 Å². The summed E-state index contributed by atoms with van der Waals surface area (Å²) in [4.78, 5) is 13.4. The van der Waals surface area contributed by atoms with Crippen molar-refractivity contribution in [2.45, 2.75) is 26.4 Å². The minimum atomic E-state index is -0.431. The number of carbonyl (C=O) groups excluding carboxylic acids is 1. The zero-order chi connectivity index (χ0) is 17.6. The third kappa shape index (κ3) is 2.61. The molecule has 0 unspecified atom stereocenters. The van der Waals surface area contributed by atoms with Crippen LogP contribution in [0.3, 0.4) is 0 Å². The van der Waals surface area contributed by atoms with Gasteiger partial charge in [0.2, 0.25) is 0 Å². The van der Waals surface area contributed by atoms with E-state index in [0.29, 0.717) is 29.0 Å². The first kappa shape index (κ1) is 15.6. The molecule has 7 heteroatoms. The topological polar surface area (TPSA) is 59.7 Å². The van der Waals surface area contributed by atoms with Crippen molar-refractivity contribution in [2.75, 3.05) is 11.4 Å². The third-order valence-electron chi connectivity index (χ3n) is 4.49. The van der Waals surface area contributed by atoms with Crippen molar-refractivity contribution in [3.8, 4) is 11.1 Å². The summed E-state index contributed by atoms with van der Waals surface area (Å²) in [6.07, 6.45) is 1.98. The van der Waals surface area contributed by atoms with Gasteiger partial charge in [-0.1, -0.05) is 6.92 Å². The van der Waals surface area contributed by atoms with Crippen LogP contribution in [-0.4, -0.2) is 33.3 Å². The van der Waals surface area contributed by atoms with Crippen molar-refractivity contribution in [3.63, 3.8) is 0 Å². The molecular formula is C18H17FN4O2. The van der Waals surface area contributed by atoms with Crippen molar-refractivity contribution in [1.29, 1.82) is 0 Å². The highest BCUT2D eigenvalue weighted by molar-refractivity contribution is 5.90. The number of nitrogens with zero attached hydrogens (tertiary/aromatic N) is 4. The van der Waals surface area contributed by atoms with Crippen LogP contribution in [0.4, 0.5) is 14.9 Å². The Bertz CT molecular complexity index is 969. The smallest absolute Gasteiger partial charge is 0.414 e. The summed E-state index contributed by atoms with van der Waals surface area (Å²) in [7, 11) is 0. The number of rotatable bonds is 3. The SMILES string of the molecule is CC[C@H]1CN(c2ccc(-c3ccn4c(C)nnc4c3)c(F)c2)C(=O)O1. The molecular weight excluding hydrogens is 323 g/mol. The molecule has 128 valence electrons. The predicted molar refractivity (Wildman–Crippen MR) is 91.0 cm³/mol. The van der Waals surface area contributed by atoms with E-state index in [2.05, 4.69) is 10.2 Å².